The molecule has 0 saturated carbocycles. The van der Waals surface area contributed by atoms with Crippen molar-refractivity contribution in [1.82, 2.24) is 10.3 Å². The van der Waals surface area contributed by atoms with Crippen LogP contribution in [0.1, 0.15) is 12.5 Å². The van der Waals surface area contributed by atoms with Crippen LogP contribution in [0.25, 0.3) is 6.08 Å². The summed E-state index contributed by atoms with van der Waals surface area (Å²) in [5.41, 5.74) is 0.695. The Hall–Kier alpha value is -3.48. The molecule has 2 heterocycles. The number of amides is 4. The molecule has 25 heavy (non-hydrogen) atoms. The lowest BCUT2D eigenvalue weighted by atomic mass is 10.1. The largest absolute Gasteiger partial charge is 0.493 e. The number of nitrogens with zero attached hydrogens (tertiary/aromatic N) is 2. The molecule has 7 nitrogen and oxygen atoms in total. The summed E-state index contributed by atoms with van der Waals surface area (Å²) in [6.45, 7) is 2.28. The van der Waals surface area contributed by atoms with Crippen molar-refractivity contribution in [2.24, 2.45) is 0 Å². The fourth-order valence-electron chi connectivity index (χ4n) is 2.42. The van der Waals surface area contributed by atoms with Crippen molar-refractivity contribution in [3.05, 3.63) is 59.9 Å². The first-order valence-corrected chi connectivity index (χ1v) is 7.65. The summed E-state index contributed by atoms with van der Waals surface area (Å²) >= 11 is 0. The molecule has 0 bridgehead atoms. The molecular formula is C18H15N3O4. The molecule has 2 aromatic rings. The molecule has 1 aromatic heterocycles. The van der Waals surface area contributed by atoms with Gasteiger partial charge in [-0.2, -0.15) is 0 Å². The molecule has 0 unspecified atom stereocenters. The van der Waals surface area contributed by atoms with Crippen LogP contribution >= 0.6 is 0 Å². The van der Waals surface area contributed by atoms with Gasteiger partial charge in [0, 0.05) is 11.8 Å². The number of pyridine rings is 1. The summed E-state index contributed by atoms with van der Waals surface area (Å²) in [6.07, 6.45) is 4.31. The fraction of sp³-hybridized carbons (Fsp3) is 0.111. The van der Waals surface area contributed by atoms with Gasteiger partial charge in [0.05, 0.1) is 18.5 Å². The smallest absolute Gasteiger partial charge is 0.336 e. The van der Waals surface area contributed by atoms with Crippen LogP contribution in [0.2, 0.25) is 0 Å². The van der Waals surface area contributed by atoms with Gasteiger partial charge >= 0.3 is 6.03 Å². The molecule has 0 atom stereocenters. The van der Waals surface area contributed by atoms with Crippen molar-refractivity contribution in [2.45, 2.75) is 6.92 Å². The molecule has 1 saturated heterocycles. The SMILES string of the molecule is CCOc1ccccc1/C=C1\C(=O)NC(=O)N(c2cccnc2)C1=O. The standard InChI is InChI=1S/C18H15N3O4/c1-2-25-15-8-4-3-6-12(15)10-14-16(22)20-18(24)21(17(14)23)13-7-5-9-19-11-13/h3-11H,2H2,1H3,(H,20,22,24)/b14-10+. The number of carbonyl (C=O) groups excluding carboxylic acids is 3. The molecule has 3 rings (SSSR count). The van der Waals surface area contributed by atoms with E-state index in [2.05, 4.69) is 10.3 Å². The lowest BCUT2D eigenvalue weighted by Gasteiger charge is -2.26. The average molecular weight is 337 g/mol. The summed E-state index contributed by atoms with van der Waals surface area (Å²) in [5.74, 6) is -0.919. The van der Waals surface area contributed by atoms with Crippen LogP contribution in [0.3, 0.4) is 0 Å². The van der Waals surface area contributed by atoms with Crippen molar-refractivity contribution >= 4 is 29.6 Å². The number of imide groups is 2. The van der Waals surface area contributed by atoms with Crippen LogP contribution in [-0.2, 0) is 9.59 Å². The summed E-state index contributed by atoms with van der Waals surface area (Å²) in [5, 5.41) is 2.17. The van der Waals surface area contributed by atoms with Crippen LogP contribution in [0.15, 0.2) is 54.4 Å². The normalized spacial score (nSPS) is 16.1. The number of nitrogens with one attached hydrogen (secondary N) is 1. The zero-order chi connectivity index (χ0) is 17.8. The number of benzene rings is 1. The van der Waals surface area contributed by atoms with E-state index in [9.17, 15) is 14.4 Å². The van der Waals surface area contributed by atoms with Gasteiger partial charge in [-0.05, 0) is 31.2 Å². The number of aromatic nitrogens is 1. The van der Waals surface area contributed by atoms with E-state index < -0.39 is 17.8 Å². The molecule has 1 aliphatic heterocycles. The highest BCUT2D eigenvalue weighted by molar-refractivity contribution is 6.39. The second-order valence-electron chi connectivity index (χ2n) is 5.14. The zero-order valence-electron chi connectivity index (χ0n) is 13.4. The minimum atomic E-state index is -0.807. The summed E-state index contributed by atoms with van der Waals surface area (Å²) in [4.78, 5) is 41.7. The quantitative estimate of drug-likeness (QED) is 0.682. The van der Waals surface area contributed by atoms with Crippen molar-refractivity contribution in [3.8, 4) is 5.75 Å². The average Bonchev–Trinajstić information content (AvgIpc) is 2.61. The van der Waals surface area contributed by atoms with Crippen molar-refractivity contribution < 1.29 is 19.1 Å². The molecule has 0 spiro atoms. The van der Waals surface area contributed by atoms with Gasteiger partial charge in [-0.25, -0.2) is 9.69 Å². The Morgan fingerprint density at radius 3 is 2.68 bits per heavy atom. The summed E-state index contributed by atoms with van der Waals surface area (Å²) in [7, 11) is 0. The number of hydrogen-bond donors (Lipinski definition) is 1. The van der Waals surface area contributed by atoms with Gasteiger partial charge in [0.1, 0.15) is 11.3 Å². The maximum absolute atomic E-state index is 12.7. The van der Waals surface area contributed by atoms with E-state index in [1.807, 2.05) is 6.92 Å². The summed E-state index contributed by atoms with van der Waals surface area (Å²) in [6, 6.07) is 9.38. The van der Waals surface area contributed by atoms with Crippen molar-refractivity contribution in [3.63, 3.8) is 0 Å². The first-order chi connectivity index (χ1) is 12.1. The molecule has 0 aliphatic carbocycles. The van der Waals surface area contributed by atoms with Crippen LogP contribution in [0.4, 0.5) is 10.5 Å². The number of para-hydroxylation sites is 1. The van der Waals surface area contributed by atoms with Crippen LogP contribution in [-0.4, -0.2) is 29.4 Å². The Kier molecular flexibility index (Phi) is 4.56. The van der Waals surface area contributed by atoms with Gasteiger partial charge in [0.2, 0.25) is 0 Å². The van der Waals surface area contributed by atoms with E-state index >= 15 is 0 Å². The number of urea groups is 1. The topological polar surface area (TPSA) is 88.6 Å². The van der Waals surface area contributed by atoms with Gasteiger partial charge in [0.15, 0.2) is 0 Å². The van der Waals surface area contributed by atoms with Gasteiger partial charge < -0.3 is 4.74 Å². The lowest BCUT2D eigenvalue weighted by molar-refractivity contribution is -0.122. The third-order valence-electron chi connectivity index (χ3n) is 3.52. The maximum atomic E-state index is 12.7. The Morgan fingerprint density at radius 2 is 1.96 bits per heavy atom. The first kappa shape index (κ1) is 16.4. The Labute approximate surface area is 143 Å². The van der Waals surface area contributed by atoms with Gasteiger partial charge in [-0.15, -0.1) is 0 Å². The predicted octanol–water partition coefficient (Wildman–Crippen LogP) is 2.15. The predicted molar refractivity (Wildman–Crippen MR) is 90.8 cm³/mol. The van der Waals surface area contributed by atoms with Gasteiger partial charge in [-0.1, -0.05) is 18.2 Å². The van der Waals surface area contributed by atoms with Crippen LogP contribution < -0.4 is 15.0 Å². The number of anilines is 1. The van der Waals surface area contributed by atoms with Crippen LogP contribution in [0, 0.1) is 0 Å². The minimum absolute atomic E-state index is 0.157. The highest BCUT2D eigenvalue weighted by Gasteiger charge is 2.37. The second kappa shape index (κ2) is 6.96. The third kappa shape index (κ3) is 3.25. The van der Waals surface area contributed by atoms with E-state index in [0.717, 1.165) is 4.90 Å². The Bertz CT molecular complexity index is 862. The minimum Gasteiger partial charge on any atom is -0.493 e. The van der Waals surface area contributed by atoms with E-state index in [4.69, 9.17) is 4.74 Å². The first-order valence-electron chi connectivity index (χ1n) is 7.65. The molecule has 7 heteroatoms. The van der Waals surface area contributed by atoms with E-state index in [0.29, 0.717) is 17.9 Å². The number of barbiturate groups is 1. The van der Waals surface area contributed by atoms with E-state index in [-0.39, 0.29) is 11.3 Å². The molecule has 0 radical (unpaired) electrons. The molecule has 1 aromatic carbocycles. The van der Waals surface area contributed by atoms with Gasteiger partial charge in [-0.3, -0.25) is 19.9 Å². The number of hydrogen-bond acceptors (Lipinski definition) is 5. The fourth-order valence-corrected chi connectivity index (χ4v) is 2.42. The molecular weight excluding hydrogens is 322 g/mol. The number of carbonyl (C=O) groups is 3. The summed E-state index contributed by atoms with van der Waals surface area (Å²) < 4.78 is 5.50. The van der Waals surface area contributed by atoms with Crippen molar-refractivity contribution in [1.29, 1.82) is 0 Å². The lowest BCUT2D eigenvalue weighted by Crippen LogP contribution is -2.54. The monoisotopic (exact) mass is 337 g/mol. The molecule has 4 amide bonds. The maximum Gasteiger partial charge on any atom is 0.336 e. The highest BCUT2D eigenvalue weighted by atomic mass is 16.5. The van der Waals surface area contributed by atoms with E-state index in [1.54, 1.807) is 36.4 Å². The highest BCUT2D eigenvalue weighted by Crippen LogP contribution is 2.24. The Balaban J connectivity index is 2.02. The second-order valence-corrected chi connectivity index (χ2v) is 5.14. The third-order valence-corrected chi connectivity index (χ3v) is 3.52. The molecule has 1 fully saturated rings. The van der Waals surface area contributed by atoms with Gasteiger partial charge in [0.25, 0.3) is 11.8 Å². The number of ether oxygens (including phenoxy) is 1. The Morgan fingerprint density at radius 1 is 1.16 bits per heavy atom. The zero-order valence-corrected chi connectivity index (χ0v) is 13.4. The van der Waals surface area contributed by atoms with E-state index in [1.165, 1.54) is 18.5 Å². The van der Waals surface area contributed by atoms with Crippen LogP contribution in [0.5, 0.6) is 5.75 Å². The molecule has 1 aliphatic rings. The van der Waals surface area contributed by atoms with Crippen molar-refractivity contribution in [2.75, 3.05) is 11.5 Å². The number of rotatable bonds is 4. The molecule has 1 N–H and O–H groups in total. The molecule has 126 valence electrons.